The lowest BCUT2D eigenvalue weighted by Crippen LogP contribution is -2.08. The molecule has 0 saturated heterocycles. The molecule has 0 fully saturated rings. The summed E-state index contributed by atoms with van der Waals surface area (Å²) in [6, 6.07) is 11.8. The van der Waals surface area contributed by atoms with Gasteiger partial charge in [0.05, 0.1) is 15.7 Å². The molecular weight excluding hydrogens is 415 g/mol. The summed E-state index contributed by atoms with van der Waals surface area (Å²) < 4.78 is 25.2. The van der Waals surface area contributed by atoms with Gasteiger partial charge in [0, 0.05) is 20.1 Å². The van der Waals surface area contributed by atoms with Crippen molar-refractivity contribution in [3.63, 3.8) is 0 Å². The van der Waals surface area contributed by atoms with Crippen LogP contribution in [0, 0.1) is 0 Å². The zero-order chi connectivity index (χ0) is 15.5. The molecule has 2 rings (SSSR count). The van der Waals surface area contributed by atoms with Crippen molar-refractivity contribution >= 4 is 60.7 Å². The second-order valence-corrected chi connectivity index (χ2v) is 9.20. The zero-order valence-electron chi connectivity index (χ0n) is 10.7. The average Bonchev–Trinajstić information content (AvgIpc) is 2.43. The molecule has 21 heavy (non-hydrogen) atoms. The molecule has 0 aromatic heterocycles. The molecule has 0 unspecified atom stereocenters. The first-order valence-electron chi connectivity index (χ1n) is 5.95. The predicted octanol–water partition coefficient (Wildman–Crippen LogP) is 5.32. The van der Waals surface area contributed by atoms with Crippen LogP contribution in [0.1, 0.15) is 0 Å². The van der Waals surface area contributed by atoms with E-state index in [9.17, 15) is 8.42 Å². The lowest BCUT2D eigenvalue weighted by Gasteiger charge is -2.06. The van der Waals surface area contributed by atoms with E-state index in [1.54, 1.807) is 42.5 Å². The third kappa shape index (κ3) is 4.89. The quantitative estimate of drug-likeness (QED) is 0.607. The molecule has 0 radical (unpaired) electrons. The normalized spacial score (nSPS) is 11.6. The molecule has 2 aromatic carbocycles. The van der Waals surface area contributed by atoms with Crippen molar-refractivity contribution in [3.8, 4) is 0 Å². The van der Waals surface area contributed by atoms with E-state index in [1.165, 1.54) is 11.8 Å². The van der Waals surface area contributed by atoms with E-state index in [4.69, 9.17) is 23.2 Å². The first-order chi connectivity index (χ1) is 9.88. The molecule has 2 aromatic rings. The van der Waals surface area contributed by atoms with Gasteiger partial charge in [-0.2, -0.15) is 0 Å². The Kier molecular flexibility index (Phi) is 6.03. The smallest absolute Gasteiger partial charge is 0.179 e. The SMILES string of the molecule is O=S(=O)(CCSc1cc(Cl)ccc1Cl)c1ccc(Br)cc1. The minimum Gasteiger partial charge on any atom is -0.224 e. The Labute approximate surface area is 146 Å². The molecule has 112 valence electrons. The lowest BCUT2D eigenvalue weighted by atomic mass is 10.4. The summed E-state index contributed by atoms with van der Waals surface area (Å²) in [6.45, 7) is 0. The number of benzene rings is 2. The summed E-state index contributed by atoms with van der Waals surface area (Å²) in [5, 5.41) is 1.16. The van der Waals surface area contributed by atoms with Crippen LogP contribution in [0.25, 0.3) is 0 Å². The average molecular weight is 426 g/mol. The zero-order valence-corrected chi connectivity index (χ0v) is 15.5. The molecule has 0 aliphatic carbocycles. The molecule has 0 aliphatic heterocycles. The van der Waals surface area contributed by atoms with Gasteiger partial charge in [0.25, 0.3) is 0 Å². The fraction of sp³-hybridized carbons (Fsp3) is 0.143. The molecular formula is C14H11BrCl2O2S2. The first kappa shape index (κ1) is 17.2. The fourth-order valence-electron chi connectivity index (χ4n) is 1.61. The Bertz CT molecular complexity index is 731. The molecule has 0 atom stereocenters. The minimum atomic E-state index is -3.29. The summed E-state index contributed by atoms with van der Waals surface area (Å²) in [4.78, 5) is 1.11. The number of rotatable bonds is 5. The van der Waals surface area contributed by atoms with Crippen LogP contribution in [0.2, 0.25) is 10.0 Å². The number of thioether (sulfide) groups is 1. The predicted molar refractivity (Wildman–Crippen MR) is 93.4 cm³/mol. The van der Waals surface area contributed by atoms with Gasteiger partial charge in [-0.3, -0.25) is 0 Å². The van der Waals surface area contributed by atoms with Crippen molar-refractivity contribution in [3.05, 3.63) is 57.0 Å². The van der Waals surface area contributed by atoms with Gasteiger partial charge in [-0.25, -0.2) is 8.42 Å². The van der Waals surface area contributed by atoms with Crippen LogP contribution in [0.3, 0.4) is 0 Å². The van der Waals surface area contributed by atoms with Gasteiger partial charge in [0.1, 0.15) is 0 Å². The van der Waals surface area contributed by atoms with Gasteiger partial charge in [-0.1, -0.05) is 39.1 Å². The first-order valence-corrected chi connectivity index (χ1v) is 10.1. The molecule has 2 nitrogen and oxygen atoms in total. The maximum absolute atomic E-state index is 12.2. The third-order valence-corrected chi connectivity index (χ3v) is 6.93. The number of sulfone groups is 1. The van der Waals surface area contributed by atoms with Crippen LogP contribution in [-0.2, 0) is 9.84 Å². The van der Waals surface area contributed by atoms with Crippen LogP contribution in [0.15, 0.2) is 56.7 Å². The standard InChI is InChI=1S/C14H11BrCl2O2S2/c15-10-1-4-12(5-2-10)21(18,19)8-7-20-14-9-11(16)3-6-13(14)17/h1-6,9H,7-8H2. The van der Waals surface area contributed by atoms with Gasteiger partial charge in [0.15, 0.2) is 9.84 Å². The highest BCUT2D eigenvalue weighted by Gasteiger charge is 2.14. The van der Waals surface area contributed by atoms with Crippen molar-refractivity contribution < 1.29 is 8.42 Å². The van der Waals surface area contributed by atoms with Gasteiger partial charge in [-0.05, 0) is 42.5 Å². The highest BCUT2D eigenvalue weighted by molar-refractivity contribution is 9.10. The van der Waals surface area contributed by atoms with E-state index in [2.05, 4.69) is 15.9 Å². The van der Waals surface area contributed by atoms with Crippen molar-refractivity contribution in [2.24, 2.45) is 0 Å². The van der Waals surface area contributed by atoms with Crippen LogP contribution in [0.4, 0.5) is 0 Å². The van der Waals surface area contributed by atoms with Gasteiger partial charge in [-0.15, -0.1) is 11.8 Å². The third-order valence-electron chi connectivity index (χ3n) is 2.68. The lowest BCUT2D eigenvalue weighted by molar-refractivity contribution is 0.597. The summed E-state index contributed by atoms with van der Waals surface area (Å²) in [7, 11) is -3.29. The van der Waals surface area contributed by atoms with Crippen LogP contribution >= 0.6 is 50.9 Å². The van der Waals surface area contributed by atoms with E-state index in [0.29, 0.717) is 20.7 Å². The monoisotopic (exact) mass is 424 g/mol. The Hall–Kier alpha value is -0.200. The molecule has 7 heteroatoms. The van der Waals surface area contributed by atoms with Crippen molar-refractivity contribution in [2.45, 2.75) is 9.79 Å². The topological polar surface area (TPSA) is 34.1 Å². The maximum Gasteiger partial charge on any atom is 0.179 e. The fourth-order valence-corrected chi connectivity index (χ4v) is 5.02. The van der Waals surface area contributed by atoms with Gasteiger partial charge >= 0.3 is 0 Å². The van der Waals surface area contributed by atoms with E-state index in [1.807, 2.05) is 0 Å². The van der Waals surface area contributed by atoms with E-state index >= 15 is 0 Å². The molecule has 0 heterocycles. The van der Waals surface area contributed by atoms with Gasteiger partial charge in [0.2, 0.25) is 0 Å². The largest absolute Gasteiger partial charge is 0.224 e. The Balaban J connectivity index is 2.02. The summed E-state index contributed by atoms with van der Waals surface area (Å²) in [5.74, 6) is 0.459. The molecule has 0 amide bonds. The summed E-state index contributed by atoms with van der Waals surface area (Å²) in [5.41, 5.74) is 0. The highest BCUT2D eigenvalue weighted by atomic mass is 79.9. The molecule has 0 spiro atoms. The van der Waals surface area contributed by atoms with Crippen LogP contribution in [0.5, 0.6) is 0 Å². The Morgan fingerprint density at radius 3 is 2.38 bits per heavy atom. The second kappa shape index (κ2) is 7.38. The van der Waals surface area contributed by atoms with E-state index in [-0.39, 0.29) is 5.75 Å². The minimum absolute atomic E-state index is 0.0438. The maximum atomic E-state index is 12.2. The molecule has 0 bridgehead atoms. The van der Waals surface area contributed by atoms with Gasteiger partial charge < -0.3 is 0 Å². The molecule has 0 aliphatic rings. The Morgan fingerprint density at radius 1 is 1.05 bits per heavy atom. The van der Waals surface area contributed by atoms with E-state index in [0.717, 1.165) is 9.37 Å². The van der Waals surface area contributed by atoms with Crippen molar-refractivity contribution in [2.75, 3.05) is 11.5 Å². The number of hydrogen-bond donors (Lipinski definition) is 0. The molecule has 0 N–H and O–H groups in total. The Morgan fingerprint density at radius 2 is 1.71 bits per heavy atom. The number of halogens is 3. The number of hydrogen-bond acceptors (Lipinski definition) is 3. The second-order valence-electron chi connectivity index (χ2n) is 4.20. The van der Waals surface area contributed by atoms with Crippen LogP contribution in [-0.4, -0.2) is 19.9 Å². The van der Waals surface area contributed by atoms with Crippen molar-refractivity contribution in [1.29, 1.82) is 0 Å². The summed E-state index contributed by atoms with van der Waals surface area (Å²) >= 11 is 16.6. The molecule has 0 saturated carbocycles. The highest BCUT2D eigenvalue weighted by Crippen LogP contribution is 2.30. The van der Waals surface area contributed by atoms with Crippen molar-refractivity contribution in [1.82, 2.24) is 0 Å². The van der Waals surface area contributed by atoms with E-state index < -0.39 is 9.84 Å². The summed E-state index contributed by atoms with van der Waals surface area (Å²) in [6.07, 6.45) is 0. The van der Waals surface area contributed by atoms with Crippen LogP contribution < -0.4 is 0 Å².